The molecule has 184 valence electrons. The van der Waals surface area contributed by atoms with Crippen LogP contribution in [0.2, 0.25) is 0 Å². The van der Waals surface area contributed by atoms with E-state index in [4.69, 9.17) is 4.74 Å². The van der Waals surface area contributed by atoms with Crippen LogP contribution in [-0.2, 0) is 4.74 Å². The summed E-state index contributed by atoms with van der Waals surface area (Å²) in [5, 5.41) is 41.5. The maximum Gasteiger partial charge on any atom is 0.103 e. The van der Waals surface area contributed by atoms with Gasteiger partial charge >= 0.3 is 0 Å². The number of hydrogen-bond acceptors (Lipinski definition) is 5. The monoisotopic (exact) mass is 442 g/mol. The molecule has 0 amide bonds. The zero-order chi connectivity index (χ0) is 23.3. The molecule has 2 fully saturated rings. The Hall–Kier alpha value is -0.200. The molecule has 2 rings (SSSR count). The highest BCUT2D eigenvalue weighted by atomic mass is 16.5. The van der Waals surface area contributed by atoms with Gasteiger partial charge in [0.2, 0.25) is 0 Å². The molecule has 2 saturated carbocycles. The number of aliphatic hydroxyl groups is 4. The van der Waals surface area contributed by atoms with Crippen molar-refractivity contribution in [3.05, 3.63) is 0 Å². The van der Waals surface area contributed by atoms with Crippen LogP contribution >= 0.6 is 0 Å². The van der Waals surface area contributed by atoms with Gasteiger partial charge in [-0.1, -0.05) is 54.4 Å². The van der Waals surface area contributed by atoms with Gasteiger partial charge in [0, 0.05) is 0 Å². The van der Waals surface area contributed by atoms with Gasteiger partial charge in [-0.25, -0.2) is 0 Å². The van der Waals surface area contributed by atoms with Crippen molar-refractivity contribution in [3.8, 4) is 0 Å². The molecule has 0 aliphatic heterocycles. The third kappa shape index (κ3) is 6.89. The molecular weight excluding hydrogens is 392 g/mol. The molecule has 31 heavy (non-hydrogen) atoms. The van der Waals surface area contributed by atoms with Crippen molar-refractivity contribution < 1.29 is 25.2 Å². The van der Waals surface area contributed by atoms with Gasteiger partial charge in [0.1, 0.15) is 12.2 Å². The van der Waals surface area contributed by atoms with E-state index in [1.165, 1.54) is 12.8 Å². The molecule has 10 unspecified atom stereocenters. The van der Waals surface area contributed by atoms with Crippen molar-refractivity contribution in [1.82, 2.24) is 0 Å². The predicted molar refractivity (Wildman–Crippen MR) is 125 cm³/mol. The predicted octanol–water partition coefficient (Wildman–Crippen LogP) is 3.86. The summed E-state index contributed by atoms with van der Waals surface area (Å²) in [6, 6.07) is 0. The number of rotatable bonds is 10. The molecule has 0 bridgehead atoms. The molecule has 0 aromatic heterocycles. The van der Waals surface area contributed by atoms with Crippen molar-refractivity contribution in [1.29, 1.82) is 0 Å². The van der Waals surface area contributed by atoms with Crippen molar-refractivity contribution in [3.63, 3.8) is 0 Å². The average Bonchev–Trinajstić information content (AvgIpc) is 2.72. The maximum absolute atomic E-state index is 10.9. The van der Waals surface area contributed by atoms with E-state index in [9.17, 15) is 20.4 Å². The van der Waals surface area contributed by atoms with Crippen LogP contribution in [0, 0.1) is 47.3 Å². The molecule has 0 saturated heterocycles. The van der Waals surface area contributed by atoms with E-state index in [0.29, 0.717) is 35.5 Å². The molecule has 0 heterocycles. The number of aliphatic hydroxyl groups excluding tert-OH is 4. The zero-order valence-corrected chi connectivity index (χ0v) is 20.8. The molecular formula is C26H50O5. The highest BCUT2D eigenvalue weighted by molar-refractivity contribution is 4.93. The molecule has 4 N–H and O–H groups in total. The van der Waals surface area contributed by atoms with E-state index in [0.717, 1.165) is 25.7 Å². The molecule has 2 aliphatic carbocycles. The molecule has 0 spiro atoms. The first-order chi connectivity index (χ1) is 14.6. The van der Waals surface area contributed by atoms with Gasteiger partial charge in [0.15, 0.2) is 0 Å². The molecule has 0 aromatic rings. The maximum atomic E-state index is 10.9. The van der Waals surface area contributed by atoms with Crippen LogP contribution in [-0.4, -0.2) is 58.1 Å². The third-order valence-corrected chi connectivity index (χ3v) is 8.44. The largest absolute Gasteiger partial charge is 0.394 e. The quantitative estimate of drug-likeness (QED) is 0.412. The molecule has 5 heteroatoms. The van der Waals surface area contributed by atoms with Crippen molar-refractivity contribution in [2.75, 3.05) is 13.2 Å². The summed E-state index contributed by atoms with van der Waals surface area (Å²) in [6.07, 6.45) is 3.45. The first-order valence-corrected chi connectivity index (χ1v) is 12.8. The van der Waals surface area contributed by atoms with Gasteiger partial charge in [-0.15, -0.1) is 0 Å². The summed E-state index contributed by atoms with van der Waals surface area (Å²) in [7, 11) is 0. The Labute approximate surface area is 190 Å². The summed E-state index contributed by atoms with van der Waals surface area (Å²) in [4.78, 5) is 0. The van der Waals surface area contributed by atoms with Crippen LogP contribution in [0.4, 0.5) is 0 Å². The van der Waals surface area contributed by atoms with E-state index in [1.807, 2.05) is 0 Å². The molecule has 10 atom stereocenters. The van der Waals surface area contributed by atoms with Crippen LogP contribution in [0.1, 0.15) is 80.1 Å². The lowest BCUT2D eigenvalue weighted by atomic mass is 9.66. The minimum Gasteiger partial charge on any atom is -0.394 e. The Kier molecular flexibility index (Phi) is 10.7. The van der Waals surface area contributed by atoms with E-state index < -0.39 is 24.4 Å². The van der Waals surface area contributed by atoms with Gasteiger partial charge in [0.05, 0.1) is 25.4 Å². The minimum absolute atomic E-state index is 0.137. The van der Waals surface area contributed by atoms with E-state index in [1.54, 1.807) is 0 Å². The van der Waals surface area contributed by atoms with Crippen LogP contribution in [0.3, 0.4) is 0 Å². The fourth-order valence-electron chi connectivity index (χ4n) is 6.65. The highest BCUT2D eigenvalue weighted by Gasteiger charge is 2.45. The lowest BCUT2D eigenvalue weighted by Gasteiger charge is -2.47. The van der Waals surface area contributed by atoms with Gasteiger partial charge in [0.25, 0.3) is 0 Å². The van der Waals surface area contributed by atoms with E-state index >= 15 is 0 Å². The first kappa shape index (κ1) is 27.0. The normalized spacial score (nSPS) is 36.4. The first-order valence-electron chi connectivity index (χ1n) is 12.8. The lowest BCUT2D eigenvalue weighted by molar-refractivity contribution is -0.193. The standard InChI is InChI=1S/C26H50O5/c1-15(2)19-9-7-17(5)11-21(19)25(23(29)13-27)31-26(24(30)14-28)22-12-18(6)8-10-20(22)16(3)4/h15-30H,7-14H2,1-6H3. The fourth-order valence-corrected chi connectivity index (χ4v) is 6.65. The second-order valence-electron chi connectivity index (χ2n) is 11.5. The summed E-state index contributed by atoms with van der Waals surface area (Å²) in [5.41, 5.74) is 0. The van der Waals surface area contributed by atoms with Crippen LogP contribution in [0.25, 0.3) is 0 Å². The van der Waals surface area contributed by atoms with Crippen LogP contribution < -0.4 is 0 Å². The second-order valence-corrected chi connectivity index (χ2v) is 11.5. The Balaban J connectivity index is 2.36. The summed E-state index contributed by atoms with van der Waals surface area (Å²) in [6.45, 7) is 12.7. The van der Waals surface area contributed by atoms with E-state index in [-0.39, 0.29) is 25.0 Å². The Morgan fingerprint density at radius 3 is 1.29 bits per heavy atom. The smallest absolute Gasteiger partial charge is 0.103 e. The van der Waals surface area contributed by atoms with Crippen molar-refractivity contribution in [2.45, 2.75) is 104 Å². The molecule has 2 aliphatic rings. The third-order valence-electron chi connectivity index (χ3n) is 8.44. The van der Waals surface area contributed by atoms with Crippen molar-refractivity contribution in [2.24, 2.45) is 47.3 Å². The summed E-state index contributed by atoms with van der Waals surface area (Å²) < 4.78 is 6.67. The van der Waals surface area contributed by atoms with Crippen molar-refractivity contribution >= 4 is 0 Å². The number of ether oxygens (including phenoxy) is 1. The topological polar surface area (TPSA) is 90.2 Å². The Morgan fingerprint density at radius 2 is 1.00 bits per heavy atom. The zero-order valence-electron chi connectivity index (χ0n) is 20.8. The average molecular weight is 443 g/mol. The lowest BCUT2D eigenvalue weighted by Crippen LogP contribution is -2.52. The molecule has 5 nitrogen and oxygen atoms in total. The van der Waals surface area contributed by atoms with Crippen LogP contribution in [0.5, 0.6) is 0 Å². The SMILES string of the molecule is CC1CCC(C(C)C)C(C(OC(C(O)CO)C2CC(C)CCC2C(C)C)C(O)CO)C1. The van der Waals surface area contributed by atoms with Crippen LogP contribution in [0.15, 0.2) is 0 Å². The van der Waals surface area contributed by atoms with Gasteiger partial charge < -0.3 is 25.2 Å². The molecule has 0 aromatic carbocycles. The highest BCUT2D eigenvalue weighted by Crippen LogP contribution is 2.45. The van der Waals surface area contributed by atoms with Gasteiger partial charge in [-0.05, 0) is 73.0 Å². The Bertz CT molecular complexity index is 466. The fraction of sp³-hybridized carbons (Fsp3) is 1.00. The summed E-state index contributed by atoms with van der Waals surface area (Å²) in [5.74, 6) is 3.15. The second kappa shape index (κ2) is 12.3. The molecule has 0 radical (unpaired) electrons. The Morgan fingerprint density at radius 1 is 0.645 bits per heavy atom. The number of hydrogen-bond donors (Lipinski definition) is 4. The van der Waals surface area contributed by atoms with E-state index in [2.05, 4.69) is 41.5 Å². The summed E-state index contributed by atoms with van der Waals surface area (Å²) >= 11 is 0. The van der Waals surface area contributed by atoms with Gasteiger partial charge in [-0.2, -0.15) is 0 Å². The van der Waals surface area contributed by atoms with Gasteiger partial charge in [-0.3, -0.25) is 0 Å². The minimum atomic E-state index is -0.983.